The van der Waals surface area contributed by atoms with E-state index in [1.165, 1.54) is 11.1 Å². The number of oxazole rings is 1. The van der Waals surface area contributed by atoms with Crippen molar-refractivity contribution in [2.24, 2.45) is 0 Å². The van der Waals surface area contributed by atoms with Gasteiger partial charge >= 0.3 is 0 Å². The minimum Gasteiger partial charge on any atom is -0.497 e. The van der Waals surface area contributed by atoms with E-state index in [1.807, 2.05) is 30.3 Å². The summed E-state index contributed by atoms with van der Waals surface area (Å²) >= 11 is 0. The molecule has 0 saturated carbocycles. The Bertz CT molecular complexity index is 1100. The molecule has 4 rings (SSSR count). The quantitative estimate of drug-likeness (QED) is 0.497. The highest BCUT2D eigenvalue weighted by molar-refractivity contribution is 5.77. The zero-order valence-corrected chi connectivity index (χ0v) is 15.0. The summed E-state index contributed by atoms with van der Waals surface area (Å²) in [6, 6.07) is 23.7. The van der Waals surface area contributed by atoms with Crippen LogP contribution in [0.1, 0.15) is 16.7 Å². The van der Waals surface area contributed by atoms with Crippen LogP contribution >= 0.6 is 0 Å². The number of ether oxygens (including phenoxy) is 1. The van der Waals surface area contributed by atoms with Gasteiger partial charge in [0.1, 0.15) is 11.3 Å². The van der Waals surface area contributed by atoms with Crippen LogP contribution in [0.5, 0.6) is 5.75 Å². The summed E-state index contributed by atoms with van der Waals surface area (Å²) in [5.41, 5.74) is 5.59. The first-order valence-corrected chi connectivity index (χ1v) is 8.78. The van der Waals surface area contributed by atoms with E-state index in [9.17, 15) is 0 Å². The monoisotopic (exact) mass is 354 g/mol. The predicted octanol–water partition coefficient (Wildman–Crippen LogP) is 5.16. The molecule has 0 amide bonds. The van der Waals surface area contributed by atoms with Gasteiger partial charge in [-0.2, -0.15) is 5.26 Å². The Labute approximate surface area is 157 Å². The molecule has 0 fully saturated rings. The van der Waals surface area contributed by atoms with Gasteiger partial charge in [0.2, 0.25) is 5.89 Å². The molecule has 0 saturated heterocycles. The van der Waals surface area contributed by atoms with Crippen LogP contribution in [-0.2, 0) is 12.8 Å². The molecule has 3 aromatic carbocycles. The third-order valence-corrected chi connectivity index (χ3v) is 4.57. The highest BCUT2D eigenvalue weighted by Crippen LogP contribution is 2.25. The number of nitriles is 1. The number of hydrogen-bond acceptors (Lipinski definition) is 4. The minimum absolute atomic E-state index is 0.571. The van der Waals surface area contributed by atoms with Crippen molar-refractivity contribution in [2.45, 2.75) is 12.8 Å². The molecule has 1 heterocycles. The van der Waals surface area contributed by atoms with Crippen LogP contribution < -0.4 is 4.74 Å². The average molecular weight is 354 g/mol. The summed E-state index contributed by atoms with van der Waals surface area (Å²) in [6.45, 7) is 0. The van der Waals surface area contributed by atoms with E-state index >= 15 is 0 Å². The molecule has 4 heteroatoms. The Balaban J connectivity index is 1.52. The van der Waals surface area contributed by atoms with Gasteiger partial charge in [-0.1, -0.05) is 18.2 Å². The van der Waals surface area contributed by atoms with Crippen molar-refractivity contribution in [3.8, 4) is 23.3 Å². The summed E-state index contributed by atoms with van der Waals surface area (Å²) in [6.07, 6.45) is 1.89. The standard InChI is InChI=1S/C23H18N2O2/c1-26-20-11-6-16(7-12-20)2-3-17-8-13-22-21(14-17)25-23(27-22)19-9-4-18(15-24)5-10-19/h4-14H,2-3H2,1H3. The molecule has 4 aromatic rings. The van der Waals surface area contributed by atoms with Gasteiger partial charge in [-0.25, -0.2) is 4.98 Å². The van der Waals surface area contributed by atoms with E-state index in [0.29, 0.717) is 11.5 Å². The number of aryl methyl sites for hydroxylation is 2. The van der Waals surface area contributed by atoms with Gasteiger partial charge in [0.15, 0.2) is 5.58 Å². The molecule has 132 valence electrons. The van der Waals surface area contributed by atoms with Crippen LogP contribution in [0.3, 0.4) is 0 Å². The number of hydrogen-bond donors (Lipinski definition) is 0. The number of methoxy groups -OCH3 is 1. The Morgan fingerprint density at radius 3 is 2.33 bits per heavy atom. The molecule has 27 heavy (non-hydrogen) atoms. The van der Waals surface area contributed by atoms with E-state index in [0.717, 1.165) is 35.3 Å². The lowest BCUT2D eigenvalue weighted by molar-refractivity contribution is 0.414. The molecule has 0 atom stereocenters. The molecule has 0 bridgehead atoms. The van der Waals surface area contributed by atoms with Crippen molar-refractivity contribution in [1.82, 2.24) is 4.98 Å². The highest BCUT2D eigenvalue weighted by Gasteiger charge is 2.09. The molecular weight excluding hydrogens is 336 g/mol. The van der Waals surface area contributed by atoms with Crippen LogP contribution in [0.25, 0.3) is 22.6 Å². The summed E-state index contributed by atoms with van der Waals surface area (Å²) in [7, 11) is 1.67. The van der Waals surface area contributed by atoms with Crippen LogP contribution in [0.4, 0.5) is 0 Å². The second-order valence-corrected chi connectivity index (χ2v) is 6.36. The van der Waals surface area contributed by atoms with Crippen LogP contribution in [0.15, 0.2) is 71.1 Å². The number of benzene rings is 3. The lowest BCUT2D eigenvalue weighted by atomic mass is 10.0. The van der Waals surface area contributed by atoms with E-state index in [2.05, 4.69) is 35.3 Å². The third-order valence-electron chi connectivity index (χ3n) is 4.57. The first-order chi connectivity index (χ1) is 13.2. The normalized spacial score (nSPS) is 10.7. The molecule has 4 nitrogen and oxygen atoms in total. The van der Waals surface area contributed by atoms with Crippen molar-refractivity contribution in [3.05, 3.63) is 83.4 Å². The number of nitrogens with zero attached hydrogens (tertiary/aromatic N) is 2. The molecular formula is C23H18N2O2. The molecule has 0 spiro atoms. The van der Waals surface area contributed by atoms with E-state index < -0.39 is 0 Å². The second-order valence-electron chi connectivity index (χ2n) is 6.36. The van der Waals surface area contributed by atoms with E-state index in [4.69, 9.17) is 14.4 Å². The first kappa shape index (κ1) is 16.9. The fourth-order valence-corrected chi connectivity index (χ4v) is 3.02. The van der Waals surface area contributed by atoms with Gasteiger partial charge in [-0.05, 0) is 72.5 Å². The van der Waals surface area contributed by atoms with Crippen molar-refractivity contribution in [2.75, 3.05) is 7.11 Å². The SMILES string of the molecule is COc1ccc(CCc2ccc3oc(-c4ccc(C#N)cc4)nc3c2)cc1. The number of aromatic nitrogens is 1. The Kier molecular flexibility index (Phi) is 4.59. The minimum atomic E-state index is 0.571. The summed E-state index contributed by atoms with van der Waals surface area (Å²) in [5, 5.41) is 8.91. The smallest absolute Gasteiger partial charge is 0.227 e. The van der Waals surface area contributed by atoms with Crippen LogP contribution in [-0.4, -0.2) is 12.1 Å². The Hall–Kier alpha value is -3.58. The van der Waals surface area contributed by atoms with E-state index in [1.54, 1.807) is 19.2 Å². The third kappa shape index (κ3) is 3.68. The zero-order chi connectivity index (χ0) is 18.6. The average Bonchev–Trinajstić information content (AvgIpc) is 3.16. The van der Waals surface area contributed by atoms with Crippen molar-refractivity contribution in [1.29, 1.82) is 5.26 Å². The van der Waals surface area contributed by atoms with Gasteiger partial charge in [-0.3, -0.25) is 0 Å². The summed E-state index contributed by atoms with van der Waals surface area (Å²) in [5.74, 6) is 1.44. The fraction of sp³-hybridized carbons (Fsp3) is 0.130. The molecule has 0 aliphatic carbocycles. The van der Waals surface area contributed by atoms with Gasteiger partial charge < -0.3 is 9.15 Å². The highest BCUT2D eigenvalue weighted by atomic mass is 16.5. The zero-order valence-electron chi connectivity index (χ0n) is 15.0. The largest absolute Gasteiger partial charge is 0.497 e. The van der Waals surface area contributed by atoms with Gasteiger partial charge in [-0.15, -0.1) is 0 Å². The summed E-state index contributed by atoms with van der Waals surface area (Å²) in [4.78, 5) is 4.61. The maximum Gasteiger partial charge on any atom is 0.227 e. The Morgan fingerprint density at radius 1 is 0.926 bits per heavy atom. The molecule has 0 aliphatic rings. The molecule has 0 unspecified atom stereocenters. The second kappa shape index (κ2) is 7.35. The lowest BCUT2D eigenvalue weighted by Crippen LogP contribution is -1.91. The molecule has 0 N–H and O–H groups in total. The van der Waals surface area contributed by atoms with Gasteiger partial charge in [0.25, 0.3) is 0 Å². The van der Waals surface area contributed by atoms with Gasteiger partial charge in [0.05, 0.1) is 18.7 Å². The maximum atomic E-state index is 8.91. The number of fused-ring (bicyclic) bond motifs is 1. The topological polar surface area (TPSA) is 59.0 Å². The molecule has 0 radical (unpaired) electrons. The van der Waals surface area contributed by atoms with E-state index in [-0.39, 0.29) is 0 Å². The molecule has 0 aliphatic heterocycles. The van der Waals surface area contributed by atoms with Gasteiger partial charge in [0, 0.05) is 5.56 Å². The first-order valence-electron chi connectivity index (χ1n) is 8.78. The number of rotatable bonds is 5. The fourth-order valence-electron chi connectivity index (χ4n) is 3.02. The van der Waals surface area contributed by atoms with Crippen LogP contribution in [0.2, 0.25) is 0 Å². The van der Waals surface area contributed by atoms with Crippen molar-refractivity contribution < 1.29 is 9.15 Å². The Morgan fingerprint density at radius 2 is 1.63 bits per heavy atom. The maximum absolute atomic E-state index is 8.91. The summed E-state index contributed by atoms with van der Waals surface area (Å²) < 4.78 is 11.1. The molecule has 1 aromatic heterocycles. The van der Waals surface area contributed by atoms with Crippen molar-refractivity contribution >= 4 is 11.1 Å². The van der Waals surface area contributed by atoms with Crippen LogP contribution in [0, 0.1) is 11.3 Å². The predicted molar refractivity (Wildman–Crippen MR) is 105 cm³/mol. The van der Waals surface area contributed by atoms with Crippen molar-refractivity contribution in [3.63, 3.8) is 0 Å². The lowest BCUT2D eigenvalue weighted by Gasteiger charge is -2.04.